The quantitative estimate of drug-likeness (QED) is 0.754. The van der Waals surface area contributed by atoms with E-state index in [4.69, 9.17) is 5.73 Å². The fourth-order valence-electron chi connectivity index (χ4n) is 0.862. The number of hydrogen-bond donors (Lipinski definition) is 1. The number of hydrogen-bond acceptors (Lipinski definition) is 2. The molecule has 2 N–H and O–H groups in total. The fraction of sp³-hybridized carbons (Fsp3) is 0.400. The molecule has 0 spiro atoms. The van der Waals surface area contributed by atoms with Crippen LogP contribution >= 0.6 is 11.8 Å². The summed E-state index contributed by atoms with van der Waals surface area (Å²) in [6.45, 7) is 2.72. The van der Waals surface area contributed by atoms with Gasteiger partial charge >= 0.3 is 0 Å². The molecular formula is C10H14FNS. The molecule has 1 atom stereocenters. The molecule has 0 aliphatic heterocycles. The summed E-state index contributed by atoms with van der Waals surface area (Å²) in [6, 6.07) is 6.82. The maximum absolute atomic E-state index is 13.1. The Morgan fingerprint density at radius 3 is 2.77 bits per heavy atom. The van der Waals surface area contributed by atoms with Crippen LogP contribution in [0.4, 0.5) is 4.39 Å². The molecule has 0 amide bonds. The van der Waals surface area contributed by atoms with Crippen molar-refractivity contribution in [1.29, 1.82) is 0 Å². The minimum Gasteiger partial charge on any atom is -0.330 e. The van der Waals surface area contributed by atoms with Crippen molar-refractivity contribution in [2.24, 2.45) is 11.7 Å². The molecular weight excluding hydrogens is 185 g/mol. The van der Waals surface area contributed by atoms with Crippen molar-refractivity contribution in [3.05, 3.63) is 30.1 Å². The van der Waals surface area contributed by atoms with Gasteiger partial charge in [-0.1, -0.05) is 19.1 Å². The van der Waals surface area contributed by atoms with Crippen LogP contribution in [0.15, 0.2) is 29.2 Å². The summed E-state index contributed by atoms with van der Waals surface area (Å²) in [4.78, 5) is 0.711. The highest BCUT2D eigenvalue weighted by atomic mass is 32.2. The third kappa shape index (κ3) is 3.36. The van der Waals surface area contributed by atoms with Gasteiger partial charge in [0.15, 0.2) is 0 Å². The molecule has 1 rings (SSSR count). The zero-order valence-corrected chi connectivity index (χ0v) is 8.48. The third-order valence-corrected chi connectivity index (χ3v) is 3.14. The van der Waals surface area contributed by atoms with Crippen LogP contribution in [-0.2, 0) is 0 Å². The first-order valence-electron chi connectivity index (χ1n) is 4.31. The second-order valence-corrected chi connectivity index (χ2v) is 4.14. The van der Waals surface area contributed by atoms with Crippen LogP contribution < -0.4 is 5.73 Å². The van der Waals surface area contributed by atoms with Crippen LogP contribution in [-0.4, -0.2) is 12.3 Å². The Morgan fingerprint density at radius 2 is 2.15 bits per heavy atom. The molecule has 72 valence electrons. The SMILES string of the molecule is CC(CN)CSc1ccccc1F. The zero-order valence-electron chi connectivity index (χ0n) is 7.66. The van der Waals surface area contributed by atoms with Crippen LogP contribution in [0, 0.1) is 11.7 Å². The molecule has 0 fully saturated rings. The van der Waals surface area contributed by atoms with Gasteiger partial charge in [0.05, 0.1) is 0 Å². The molecule has 13 heavy (non-hydrogen) atoms. The molecule has 0 aliphatic rings. The van der Waals surface area contributed by atoms with E-state index >= 15 is 0 Å². The van der Waals surface area contributed by atoms with E-state index in [1.54, 1.807) is 12.1 Å². The number of thioether (sulfide) groups is 1. The normalized spacial score (nSPS) is 12.8. The van der Waals surface area contributed by atoms with Crippen LogP contribution in [0.25, 0.3) is 0 Å². The van der Waals surface area contributed by atoms with E-state index in [1.165, 1.54) is 17.8 Å². The van der Waals surface area contributed by atoms with Gasteiger partial charge in [0.25, 0.3) is 0 Å². The first-order chi connectivity index (χ1) is 6.24. The van der Waals surface area contributed by atoms with E-state index in [9.17, 15) is 4.39 Å². The van der Waals surface area contributed by atoms with Gasteiger partial charge in [0.1, 0.15) is 5.82 Å². The van der Waals surface area contributed by atoms with Gasteiger partial charge in [0.2, 0.25) is 0 Å². The van der Waals surface area contributed by atoms with Gasteiger partial charge in [-0.05, 0) is 24.6 Å². The van der Waals surface area contributed by atoms with Crippen molar-refractivity contribution in [3.63, 3.8) is 0 Å². The average Bonchev–Trinajstić information content (AvgIpc) is 2.16. The van der Waals surface area contributed by atoms with E-state index in [2.05, 4.69) is 6.92 Å². The van der Waals surface area contributed by atoms with Crippen LogP contribution in [0.3, 0.4) is 0 Å². The maximum atomic E-state index is 13.1. The van der Waals surface area contributed by atoms with Crippen molar-refractivity contribution in [2.45, 2.75) is 11.8 Å². The zero-order chi connectivity index (χ0) is 9.68. The predicted molar refractivity (Wildman–Crippen MR) is 55.3 cm³/mol. The summed E-state index contributed by atoms with van der Waals surface area (Å²) >= 11 is 1.52. The van der Waals surface area contributed by atoms with E-state index in [1.807, 2.05) is 6.07 Å². The average molecular weight is 199 g/mol. The predicted octanol–water partition coefficient (Wildman–Crippen LogP) is 2.51. The molecule has 1 unspecified atom stereocenters. The lowest BCUT2D eigenvalue weighted by atomic mass is 10.2. The Kier molecular flexibility index (Phi) is 4.25. The Hall–Kier alpha value is -0.540. The number of rotatable bonds is 4. The van der Waals surface area contributed by atoms with Gasteiger partial charge in [-0.25, -0.2) is 4.39 Å². The molecule has 0 bridgehead atoms. The van der Waals surface area contributed by atoms with Crippen molar-refractivity contribution < 1.29 is 4.39 Å². The molecule has 1 nitrogen and oxygen atoms in total. The van der Waals surface area contributed by atoms with Gasteiger partial charge in [-0.15, -0.1) is 11.8 Å². The van der Waals surface area contributed by atoms with E-state index in [0.717, 1.165) is 5.75 Å². The Bertz CT molecular complexity index is 265. The lowest BCUT2D eigenvalue weighted by Gasteiger charge is -2.07. The van der Waals surface area contributed by atoms with Crippen LogP contribution in [0.5, 0.6) is 0 Å². The fourth-order valence-corrected chi connectivity index (χ4v) is 1.84. The summed E-state index contributed by atoms with van der Waals surface area (Å²) in [6.07, 6.45) is 0. The lowest BCUT2D eigenvalue weighted by molar-refractivity contribution is 0.601. The topological polar surface area (TPSA) is 26.0 Å². The van der Waals surface area contributed by atoms with Gasteiger partial charge < -0.3 is 5.73 Å². The minimum atomic E-state index is -0.142. The second-order valence-electron chi connectivity index (χ2n) is 3.08. The lowest BCUT2D eigenvalue weighted by Crippen LogP contribution is -2.12. The summed E-state index contributed by atoms with van der Waals surface area (Å²) in [5, 5.41) is 0. The largest absolute Gasteiger partial charge is 0.330 e. The standard InChI is InChI=1S/C10H14FNS/c1-8(6-12)7-13-10-5-3-2-4-9(10)11/h2-5,8H,6-7,12H2,1H3. The molecule has 0 aliphatic carbocycles. The monoisotopic (exact) mass is 199 g/mol. The third-order valence-electron chi connectivity index (χ3n) is 1.76. The molecule has 3 heteroatoms. The Morgan fingerprint density at radius 1 is 1.46 bits per heavy atom. The van der Waals surface area contributed by atoms with E-state index in [-0.39, 0.29) is 5.82 Å². The van der Waals surface area contributed by atoms with Gasteiger partial charge in [-0.2, -0.15) is 0 Å². The summed E-state index contributed by atoms with van der Waals surface area (Å²) in [5.41, 5.74) is 5.47. The number of nitrogens with two attached hydrogens (primary N) is 1. The first-order valence-corrected chi connectivity index (χ1v) is 5.30. The first kappa shape index (κ1) is 10.5. The highest BCUT2D eigenvalue weighted by molar-refractivity contribution is 7.99. The van der Waals surface area contributed by atoms with E-state index in [0.29, 0.717) is 17.4 Å². The Balaban J connectivity index is 2.50. The smallest absolute Gasteiger partial charge is 0.136 e. The van der Waals surface area contributed by atoms with E-state index < -0.39 is 0 Å². The van der Waals surface area contributed by atoms with Crippen LogP contribution in [0.1, 0.15) is 6.92 Å². The van der Waals surface area contributed by atoms with Crippen molar-refractivity contribution in [1.82, 2.24) is 0 Å². The molecule has 0 saturated heterocycles. The van der Waals surface area contributed by atoms with Crippen molar-refractivity contribution in [3.8, 4) is 0 Å². The van der Waals surface area contributed by atoms with Gasteiger partial charge in [-0.3, -0.25) is 0 Å². The molecule has 0 aromatic heterocycles. The van der Waals surface area contributed by atoms with Crippen LogP contribution in [0.2, 0.25) is 0 Å². The summed E-state index contributed by atoms with van der Waals surface area (Å²) < 4.78 is 13.1. The highest BCUT2D eigenvalue weighted by Crippen LogP contribution is 2.22. The molecule has 1 aromatic carbocycles. The number of halogens is 1. The van der Waals surface area contributed by atoms with Crippen molar-refractivity contribution in [2.75, 3.05) is 12.3 Å². The van der Waals surface area contributed by atoms with Gasteiger partial charge in [0, 0.05) is 10.6 Å². The maximum Gasteiger partial charge on any atom is 0.136 e. The second kappa shape index (κ2) is 5.25. The van der Waals surface area contributed by atoms with Crippen molar-refractivity contribution >= 4 is 11.8 Å². The summed E-state index contributed by atoms with van der Waals surface area (Å²) in [7, 11) is 0. The minimum absolute atomic E-state index is 0.142. The molecule has 1 aromatic rings. The number of benzene rings is 1. The Labute approximate surface area is 82.5 Å². The summed E-state index contributed by atoms with van der Waals surface area (Å²) in [5.74, 6) is 1.17. The highest BCUT2D eigenvalue weighted by Gasteiger charge is 2.03. The molecule has 0 heterocycles. The molecule has 0 radical (unpaired) electrons. The molecule has 0 saturated carbocycles.